The molecule has 2 aromatic carbocycles. The van der Waals surface area contributed by atoms with Gasteiger partial charge in [-0.15, -0.1) is 0 Å². The second-order valence-corrected chi connectivity index (χ2v) is 6.34. The van der Waals surface area contributed by atoms with Gasteiger partial charge >= 0.3 is 0 Å². The summed E-state index contributed by atoms with van der Waals surface area (Å²) in [5, 5.41) is 17.8. The lowest BCUT2D eigenvalue weighted by atomic mass is 10.1. The lowest BCUT2D eigenvalue weighted by Crippen LogP contribution is -2.25. The summed E-state index contributed by atoms with van der Waals surface area (Å²) in [6, 6.07) is 11.4. The van der Waals surface area contributed by atoms with Gasteiger partial charge in [-0.05, 0) is 36.4 Å². The third kappa shape index (κ3) is 4.61. The van der Waals surface area contributed by atoms with E-state index in [2.05, 4.69) is 15.8 Å². The molecule has 10 nitrogen and oxygen atoms in total. The maximum atomic E-state index is 13.3. The highest BCUT2D eigenvalue weighted by atomic mass is 19.1. The molecule has 0 atom stereocenters. The highest BCUT2D eigenvalue weighted by Gasteiger charge is 2.19. The molecular weight excluding hydrogens is 411 g/mol. The van der Waals surface area contributed by atoms with E-state index < -0.39 is 22.3 Å². The number of furan rings is 1. The van der Waals surface area contributed by atoms with E-state index in [9.17, 15) is 19.3 Å². The molecule has 11 heteroatoms. The van der Waals surface area contributed by atoms with Gasteiger partial charge in [-0.25, -0.2) is 9.82 Å². The smallest absolute Gasteiger partial charge is 0.283 e. The van der Waals surface area contributed by atoms with E-state index in [0.29, 0.717) is 17.2 Å². The van der Waals surface area contributed by atoms with E-state index in [1.54, 1.807) is 18.2 Å². The van der Waals surface area contributed by atoms with Crippen LogP contribution in [0.15, 0.2) is 58.0 Å². The number of hydrogen-bond acceptors (Lipinski definition) is 8. The molecule has 2 heterocycles. The molecule has 158 valence electrons. The molecule has 0 unspecified atom stereocenters. The van der Waals surface area contributed by atoms with Gasteiger partial charge in [-0.1, -0.05) is 0 Å². The summed E-state index contributed by atoms with van der Waals surface area (Å²) in [5.41, 5.74) is 2.73. The van der Waals surface area contributed by atoms with Gasteiger partial charge in [-0.2, -0.15) is 5.10 Å². The Morgan fingerprint density at radius 3 is 2.84 bits per heavy atom. The zero-order valence-corrected chi connectivity index (χ0v) is 15.8. The number of carbonyl (C=O) groups excluding carboxylic acids is 1. The summed E-state index contributed by atoms with van der Waals surface area (Å²) in [6.45, 7) is 0.124. The Bertz CT molecular complexity index is 1180. The maximum absolute atomic E-state index is 13.3. The van der Waals surface area contributed by atoms with Crippen LogP contribution in [0.3, 0.4) is 0 Å². The zero-order valence-electron chi connectivity index (χ0n) is 15.8. The molecule has 1 aliphatic heterocycles. The number of halogens is 1. The van der Waals surface area contributed by atoms with Gasteiger partial charge in [0.15, 0.2) is 11.5 Å². The van der Waals surface area contributed by atoms with Crippen molar-refractivity contribution in [2.45, 2.75) is 0 Å². The van der Waals surface area contributed by atoms with Crippen molar-refractivity contribution in [3.8, 4) is 22.8 Å². The zero-order chi connectivity index (χ0) is 21.8. The van der Waals surface area contributed by atoms with Gasteiger partial charge in [0.2, 0.25) is 6.79 Å². The minimum Gasteiger partial charge on any atom is -0.455 e. The number of hydrogen-bond donors (Lipinski definition) is 2. The number of carbonyl (C=O) groups is 1. The maximum Gasteiger partial charge on any atom is 0.283 e. The van der Waals surface area contributed by atoms with Crippen LogP contribution in [-0.4, -0.2) is 30.4 Å². The molecule has 1 aromatic heterocycles. The normalized spacial score (nSPS) is 12.2. The van der Waals surface area contributed by atoms with Crippen molar-refractivity contribution in [3.63, 3.8) is 0 Å². The number of ether oxygens (including phenoxy) is 2. The Kier molecular flexibility index (Phi) is 5.47. The third-order valence-corrected chi connectivity index (χ3v) is 4.26. The summed E-state index contributed by atoms with van der Waals surface area (Å²) < 4.78 is 29.3. The molecule has 1 amide bonds. The Balaban J connectivity index is 1.33. The number of fused-ring (bicyclic) bond motifs is 1. The van der Waals surface area contributed by atoms with Crippen LogP contribution in [0.2, 0.25) is 0 Å². The lowest BCUT2D eigenvalue weighted by molar-refractivity contribution is -0.384. The molecule has 0 aliphatic carbocycles. The molecule has 1 aliphatic rings. The molecule has 3 aromatic rings. The molecule has 0 radical (unpaired) electrons. The van der Waals surface area contributed by atoms with Crippen LogP contribution in [0.5, 0.6) is 11.5 Å². The number of rotatable bonds is 7. The fourth-order valence-electron chi connectivity index (χ4n) is 2.83. The first-order valence-electron chi connectivity index (χ1n) is 8.99. The van der Waals surface area contributed by atoms with Gasteiger partial charge in [0, 0.05) is 11.8 Å². The number of nitro groups is 1. The number of hydrazone groups is 1. The van der Waals surface area contributed by atoms with Crippen LogP contribution >= 0.6 is 0 Å². The van der Waals surface area contributed by atoms with Crippen LogP contribution in [0.4, 0.5) is 15.8 Å². The van der Waals surface area contributed by atoms with Crippen molar-refractivity contribution in [3.05, 3.63) is 70.2 Å². The summed E-state index contributed by atoms with van der Waals surface area (Å²) >= 11 is 0. The Labute approximate surface area is 174 Å². The fraction of sp³-hybridized carbons (Fsp3) is 0.100. The summed E-state index contributed by atoms with van der Waals surface area (Å²) in [6.07, 6.45) is 1.25. The second kappa shape index (κ2) is 8.53. The highest BCUT2D eigenvalue weighted by molar-refractivity contribution is 5.83. The topological polar surface area (TPSA) is 128 Å². The minimum atomic E-state index is -0.721. The van der Waals surface area contributed by atoms with E-state index >= 15 is 0 Å². The van der Waals surface area contributed by atoms with Crippen molar-refractivity contribution in [1.29, 1.82) is 0 Å². The third-order valence-electron chi connectivity index (χ3n) is 4.26. The van der Waals surface area contributed by atoms with Gasteiger partial charge in [0.25, 0.3) is 11.6 Å². The van der Waals surface area contributed by atoms with E-state index in [4.69, 9.17) is 13.9 Å². The summed E-state index contributed by atoms with van der Waals surface area (Å²) in [4.78, 5) is 22.4. The van der Waals surface area contributed by atoms with E-state index in [1.165, 1.54) is 24.4 Å². The van der Waals surface area contributed by atoms with Crippen molar-refractivity contribution in [1.82, 2.24) is 5.43 Å². The molecule has 0 saturated heterocycles. The quantitative estimate of drug-likeness (QED) is 0.337. The molecule has 0 bridgehead atoms. The molecular formula is C20H15FN4O6. The average molecular weight is 426 g/mol. The molecule has 2 N–H and O–H groups in total. The van der Waals surface area contributed by atoms with E-state index in [-0.39, 0.29) is 30.4 Å². The van der Waals surface area contributed by atoms with Gasteiger partial charge in [0.05, 0.1) is 29.3 Å². The number of anilines is 1. The van der Waals surface area contributed by atoms with Crippen molar-refractivity contribution >= 4 is 23.5 Å². The van der Waals surface area contributed by atoms with Crippen molar-refractivity contribution in [2.24, 2.45) is 5.10 Å². The largest absolute Gasteiger partial charge is 0.455 e. The highest BCUT2D eigenvalue weighted by Crippen LogP contribution is 2.34. The van der Waals surface area contributed by atoms with E-state index in [0.717, 1.165) is 12.1 Å². The van der Waals surface area contributed by atoms with Crippen LogP contribution < -0.4 is 20.2 Å². The molecule has 4 rings (SSSR count). The lowest BCUT2D eigenvalue weighted by Gasteiger charge is -2.06. The monoisotopic (exact) mass is 426 g/mol. The van der Waals surface area contributed by atoms with Crippen molar-refractivity contribution < 1.29 is 28.0 Å². The first kappa shape index (κ1) is 19.9. The number of nitro benzene ring substituents is 1. The van der Waals surface area contributed by atoms with Gasteiger partial charge < -0.3 is 19.2 Å². The Morgan fingerprint density at radius 2 is 2.00 bits per heavy atom. The summed E-state index contributed by atoms with van der Waals surface area (Å²) in [7, 11) is 0. The number of benzene rings is 2. The number of amides is 1. The number of nitrogens with zero attached hydrogens (tertiary/aromatic N) is 2. The van der Waals surface area contributed by atoms with Gasteiger partial charge in [0.1, 0.15) is 17.3 Å². The molecule has 31 heavy (non-hydrogen) atoms. The van der Waals surface area contributed by atoms with Crippen LogP contribution in [-0.2, 0) is 4.79 Å². The Hall–Kier alpha value is -4.41. The van der Waals surface area contributed by atoms with E-state index in [1.807, 2.05) is 0 Å². The van der Waals surface area contributed by atoms with Crippen molar-refractivity contribution in [2.75, 3.05) is 18.7 Å². The number of nitrogens with one attached hydrogen (secondary N) is 2. The van der Waals surface area contributed by atoms with Gasteiger partial charge in [-0.3, -0.25) is 14.9 Å². The molecule has 0 spiro atoms. The summed E-state index contributed by atoms with van der Waals surface area (Å²) in [5.74, 6) is 0.527. The molecule has 0 fully saturated rings. The predicted octanol–water partition coefficient (Wildman–Crippen LogP) is 3.28. The molecule has 0 saturated carbocycles. The fourth-order valence-corrected chi connectivity index (χ4v) is 2.83. The van der Waals surface area contributed by atoms with Crippen LogP contribution in [0.1, 0.15) is 5.76 Å². The first-order valence-corrected chi connectivity index (χ1v) is 8.99. The van der Waals surface area contributed by atoms with Crippen LogP contribution in [0.25, 0.3) is 11.3 Å². The minimum absolute atomic E-state index is 0.0395. The average Bonchev–Trinajstić information content (AvgIpc) is 3.41. The first-order chi connectivity index (χ1) is 15.0. The van der Waals surface area contributed by atoms with Crippen LogP contribution in [0, 0.1) is 15.9 Å². The predicted molar refractivity (Wildman–Crippen MR) is 108 cm³/mol. The second-order valence-electron chi connectivity index (χ2n) is 6.34. The SMILES string of the molecule is O=C(CNc1ccc2c(c1)OCO2)N/N=C\c1ccc(-c2ccc(F)cc2[N+](=O)[O-])o1. The standard InChI is InChI=1S/C20H15FN4O6/c21-12-1-4-15(16(7-12)25(27)28)17-6-3-14(31-17)9-23-24-20(26)10-22-13-2-5-18-19(8-13)30-11-29-18/h1-9,22H,10-11H2,(H,24,26)/b23-9-. The Morgan fingerprint density at radius 1 is 1.16 bits per heavy atom.